The van der Waals surface area contributed by atoms with Crippen LogP contribution in [0.15, 0.2) is 30.5 Å². The zero-order valence-electron chi connectivity index (χ0n) is 9.36. The van der Waals surface area contributed by atoms with E-state index in [0.29, 0.717) is 6.42 Å². The molecular weight excluding hydrogens is 218 g/mol. The summed E-state index contributed by atoms with van der Waals surface area (Å²) in [5.74, 6) is 0.149. The largest absolute Gasteiger partial charge is 0.293 e. The lowest BCUT2D eigenvalue weighted by Gasteiger charge is -2.00. The quantitative estimate of drug-likeness (QED) is 0.759. The fourth-order valence-corrected chi connectivity index (χ4v) is 2.30. The molecule has 0 saturated heterocycles. The molecule has 0 bridgehead atoms. The van der Waals surface area contributed by atoms with Gasteiger partial charge in [-0.15, -0.1) is 11.3 Å². The SMILES string of the molecule is Cc1cccc(CC(=O)c2cnc(C)s2)c1. The lowest BCUT2D eigenvalue weighted by molar-refractivity contribution is 0.0996. The lowest BCUT2D eigenvalue weighted by atomic mass is 10.1. The maximum Gasteiger partial charge on any atom is 0.178 e. The van der Waals surface area contributed by atoms with Crippen LogP contribution in [0.3, 0.4) is 0 Å². The Hall–Kier alpha value is -1.48. The van der Waals surface area contributed by atoms with E-state index in [1.165, 1.54) is 16.9 Å². The minimum Gasteiger partial charge on any atom is -0.293 e. The van der Waals surface area contributed by atoms with Gasteiger partial charge >= 0.3 is 0 Å². The average Bonchev–Trinajstić information content (AvgIpc) is 2.65. The van der Waals surface area contributed by atoms with Gasteiger partial charge in [0.2, 0.25) is 0 Å². The van der Waals surface area contributed by atoms with Gasteiger partial charge in [0.1, 0.15) is 0 Å². The molecule has 0 aliphatic rings. The smallest absolute Gasteiger partial charge is 0.178 e. The van der Waals surface area contributed by atoms with Crippen molar-refractivity contribution in [3.8, 4) is 0 Å². The summed E-state index contributed by atoms with van der Waals surface area (Å²) < 4.78 is 0. The summed E-state index contributed by atoms with van der Waals surface area (Å²) >= 11 is 1.46. The van der Waals surface area contributed by atoms with Gasteiger partial charge < -0.3 is 0 Å². The molecule has 2 aromatic rings. The van der Waals surface area contributed by atoms with Crippen LogP contribution in [-0.2, 0) is 6.42 Å². The highest BCUT2D eigenvalue weighted by Crippen LogP contribution is 2.15. The molecule has 0 unspecified atom stereocenters. The Labute approximate surface area is 99.0 Å². The van der Waals surface area contributed by atoms with Crippen LogP contribution in [0.25, 0.3) is 0 Å². The minimum absolute atomic E-state index is 0.149. The van der Waals surface area contributed by atoms with Gasteiger partial charge in [-0.3, -0.25) is 4.79 Å². The van der Waals surface area contributed by atoms with Crippen molar-refractivity contribution in [1.29, 1.82) is 0 Å². The van der Waals surface area contributed by atoms with Crippen molar-refractivity contribution in [2.45, 2.75) is 20.3 Å². The summed E-state index contributed by atoms with van der Waals surface area (Å²) in [4.78, 5) is 16.8. The molecule has 1 aromatic heterocycles. The number of ketones is 1. The number of Topliss-reactive ketones (excluding diaryl/α,β-unsaturated/α-hetero) is 1. The van der Waals surface area contributed by atoms with Crippen molar-refractivity contribution in [1.82, 2.24) is 4.98 Å². The van der Waals surface area contributed by atoms with Crippen LogP contribution in [0.4, 0.5) is 0 Å². The van der Waals surface area contributed by atoms with Gasteiger partial charge in [-0.2, -0.15) is 0 Å². The first-order chi connectivity index (χ1) is 7.65. The predicted octanol–water partition coefficient (Wildman–Crippen LogP) is 3.19. The summed E-state index contributed by atoms with van der Waals surface area (Å²) in [5.41, 5.74) is 2.25. The number of nitrogens with zero attached hydrogens (tertiary/aromatic N) is 1. The first-order valence-corrected chi connectivity index (χ1v) is 5.98. The molecule has 0 radical (unpaired) electrons. The van der Waals surface area contributed by atoms with Crippen LogP contribution < -0.4 is 0 Å². The predicted molar refractivity (Wildman–Crippen MR) is 66.1 cm³/mol. The van der Waals surface area contributed by atoms with Crippen LogP contribution in [-0.4, -0.2) is 10.8 Å². The van der Waals surface area contributed by atoms with Crippen LogP contribution in [0.2, 0.25) is 0 Å². The Morgan fingerprint density at radius 1 is 1.38 bits per heavy atom. The molecular formula is C13H13NOS. The van der Waals surface area contributed by atoms with E-state index >= 15 is 0 Å². The zero-order valence-corrected chi connectivity index (χ0v) is 10.2. The standard InChI is InChI=1S/C13H13NOS/c1-9-4-3-5-11(6-9)7-12(15)13-8-14-10(2)16-13/h3-6,8H,7H2,1-2H3. The van der Waals surface area contributed by atoms with Crippen molar-refractivity contribution in [3.05, 3.63) is 51.5 Å². The maximum atomic E-state index is 11.9. The fraction of sp³-hybridized carbons (Fsp3) is 0.231. The molecule has 0 aliphatic heterocycles. The third kappa shape index (κ3) is 2.55. The van der Waals surface area contributed by atoms with Gasteiger partial charge in [0, 0.05) is 12.6 Å². The highest BCUT2D eigenvalue weighted by Gasteiger charge is 2.09. The number of thiazole rings is 1. The number of benzene rings is 1. The second kappa shape index (κ2) is 4.58. The van der Waals surface area contributed by atoms with Crippen LogP contribution in [0, 0.1) is 13.8 Å². The van der Waals surface area contributed by atoms with E-state index in [0.717, 1.165) is 15.4 Å². The third-order valence-corrected chi connectivity index (χ3v) is 3.30. The van der Waals surface area contributed by atoms with E-state index in [9.17, 15) is 4.79 Å². The first-order valence-electron chi connectivity index (χ1n) is 5.16. The van der Waals surface area contributed by atoms with Crippen molar-refractivity contribution in [3.63, 3.8) is 0 Å². The van der Waals surface area contributed by atoms with E-state index in [4.69, 9.17) is 0 Å². The number of aryl methyl sites for hydroxylation is 2. The molecule has 16 heavy (non-hydrogen) atoms. The number of aromatic nitrogens is 1. The van der Waals surface area contributed by atoms with Gasteiger partial charge in [-0.25, -0.2) is 4.98 Å². The molecule has 82 valence electrons. The molecule has 0 saturated carbocycles. The van der Waals surface area contributed by atoms with Crippen molar-refractivity contribution in [2.75, 3.05) is 0 Å². The second-order valence-corrected chi connectivity index (χ2v) is 5.07. The highest BCUT2D eigenvalue weighted by atomic mass is 32.1. The van der Waals surface area contributed by atoms with Gasteiger partial charge in [0.05, 0.1) is 9.88 Å². The summed E-state index contributed by atoms with van der Waals surface area (Å²) in [6.07, 6.45) is 2.13. The minimum atomic E-state index is 0.149. The van der Waals surface area contributed by atoms with E-state index in [1.807, 2.05) is 38.1 Å². The zero-order chi connectivity index (χ0) is 11.5. The molecule has 0 N–H and O–H groups in total. The summed E-state index contributed by atoms with van der Waals surface area (Å²) in [6.45, 7) is 3.94. The Morgan fingerprint density at radius 2 is 2.19 bits per heavy atom. The van der Waals surface area contributed by atoms with E-state index < -0.39 is 0 Å². The number of rotatable bonds is 3. The summed E-state index contributed by atoms with van der Waals surface area (Å²) in [7, 11) is 0. The molecule has 2 rings (SSSR count). The fourth-order valence-electron chi connectivity index (χ4n) is 1.58. The number of carbonyl (C=O) groups excluding carboxylic acids is 1. The monoisotopic (exact) mass is 231 g/mol. The van der Waals surface area contributed by atoms with Crippen molar-refractivity contribution in [2.24, 2.45) is 0 Å². The molecule has 0 amide bonds. The number of hydrogen-bond acceptors (Lipinski definition) is 3. The van der Waals surface area contributed by atoms with E-state index in [-0.39, 0.29) is 5.78 Å². The molecule has 0 atom stereocenters. The van der Waals surface area contributed by atoms with E-state index in [2.05, 4.69) is 4.98 Å². The Bertz CT molecular complexity index is 516. The molecule has 0 fully saturated rings. The number of hydrogen-bond donors (Lipinski definition) is 0. The first kappa shape index (κ1) is 11.0. The van der Waals surface area contributed by atoms with Crippen molar-refractivity contribution >= 4 is 17.1 Å². The van der Waals surface area contributed by atoms with Crippen molar-refractivity contribution < 1.29 is 4.79 Å². The topological polar surface area (TPSA) is 30.0 Å². The van der Waals surface area contributed by atoms with Gasteiger partial charge in [-0.05, 0) is 19.4 Å². The lowest BCUT2D eigenvalue weighted by Crippen LogP contribution is -2.01. The Kier molecular flexibility index (Phi) is 3.15. The second-order valence-electron chi connectivity index (χ2n) is 3.83. The molecule has 1 heterocycles. The van der Waals surface area contributed by atoms with Gasteiger partial charge in [0.15, 0.2) is 5.78 Å². The normalized spacial score (nSPS) is 10.4. The third-order valence-electron chi connectivity index (χ3n) is 2.34. The molecule has 3 heteroatoms. The molecule has 0 spiro atoms. The molecule has 0 aliphatic carbocycles. The van der Waals surface area contributed by atoms with Crippen LogP contribution >= 0.6 is 11.3 Å². The van der Waals surface area contributed by atoms with E-state index in [1.54, 1.807) is 6.20 Å². The molecule has 2 nitrogen and oxygen atoms in total. The number of carbonyl (C=O) groups is 1. The summed E-state index contributed by atoms with van der Waals surface area (Å²) in [6, 6.07) is 8.05. The average molecular weight is 231 g/mol. The van der Waals surface area contributed by atoms with Crippen LogP contribution in [0.5, 0.6) is 0 Å². The Balaban J connectivity index is 2.13. The maximum absolute atomic E-state index is 11.9. The van der Waals surface area contributed by atoms with Crippen LogP contribution in [0.1, 0.15) is 25.8 Å². The Morgan fingerprint density at radius 3 is 2.81 bits per heavy atom. The molecule has 1 aromatic carbocycles. The highest BCUT2D eigenvalue weighted by molar-refractivity contribution is 7.13. The summed E-state index contributed by atoms with van der Waals surface area (Å²) in [5, 5.41) is 0.938. The van der Waals surface area contributed by atoms with Gasteiger partial charge in [0.25, 0.3) is 0 Å². The van der Waals surface area contributed by atoms with Gasteiger partial charge in [-0.1, -0.05) is 29.8 Å².